The summed E-state index contributed by atoms with van der Waals surface area (Å²) in [6, 6.07) is 0. The Balaban J connectivity index is 4.32. The molecular weight excluding hydrogens is 861 g/mol. The summed E-state index contributed by atoms with van der Waals surface area (Å²) in [5.74, 6) is -0.367. The fourth-order valence-corrected chi connectivity index (χ4v) is 8.43. The van der Waals surface area contributed by atoms with Crippen LogP contribution >= 0.6 is 0 Å². The number of hydrogen-bond acceptors (Lipinski definition) is 5. The molecule has 0 aromatic carbocycles. The van der Waals surface area contributed by atoms with Gasteiger partial charge in [0, 0.05) is 19.4 Å². The van der Waals surface area contributed by atoms with Crippen molar-refractivity contribution in [1.82, 2.24) is 0 Å². The van der Waals surface area contributed by atoms with Crippen LogP contribution in [-0.4, -0.2) is 37.9 Å². The molecule has 5 heteroatoms. The second-order valence-electron chi connectivity index (χ2n) is 19.9. The number of carbonyl (C=O) groups is 2. The number of allylic oxidation sites excluding steroid dienone is 14. The lowest BCUT2D eigenvalue weighted by Gasteiger charge is -2.18. The number of ether oxygens (including phenoxy) is 3. The number of esters is 2. The van der Waals surface area contributed by atoms with Crippen LogP contribution in [0.4, 0.5) is 0 Å². The highest BCUT2D eigenvalue weighted by Crippen LogP contribution is 2.16. The van der Waals surface area contributed by atoms with Gasteiger partial charge in [0.1, 0.15) is 19.3 Å². The highest BCUT2D eigenvalue weighted by Gasteiger charge is 2.16. The van der Waals surface area contributed by atoms with E-state index in [9.17, 15) is 9.59 Å². The van der Waals surface area contributed by atoms with Crippen LogP contribution in [0.25, 0.3) is 0 Å². The van der Waals surface area contributed by atoms with Crippen molar-refractivity contribution in [2.24, 2.45) is 0 Å². The molecule has 0 aliphatic heterocycles. The molecule has 1 atom stereocenters. The van der Waals surface area contributed by atoms with Crippen LogP contribution in [0.1, 0.15) is 290 Å². The quantitative estimate of drug-likeness (QED) is 0.0345. The zero-order valence-electron chi connectivity index (χ0n) is 46.5. The molecule has 0 heterocycles. The van der Waals surface area contributed by atoms with Crippen molar-refractivity contribution in [3.05, 3.63) is 85.1 Å². The van der Waals surface area contributed by atoms with Crippen molar-refractivity contribution in [3.63, 3.8) is 0 Å². The molecule has 0 saturated heterocycles. The van der Waals surface area contributed by atoms with E-state index in [2.05, 4.69) is 106 Å². The molecule has 0 radical (unpaired) electrons. The Morgan fingerprint density at radius 1 is 0.314 bits per heavy atom. The number of carbonyl (C=O) groups excluding carboxylic acids is 2. The molecule has 70 heavy (non-hydrogen) atoms. The van der Waals surface area contributed by atoms with Gasteiger partial charge in [-0.25, -0.2) is 0 Å². The molecule has 0 aromatic heterocycles. The topological polar surface area (TPSA) is 61.8 Å². The van der Waals surface area contributed by atoms with Gasteiger partial charge in [0.05, 0.1) is 0 Å². The molecular formula is C65H114O5. The van der Waals surface area contributed by atoms with Crippen molar-refractivity contribution in [2.75, 3.05) is 19.8 Å². The lowest BCUT2D eigenvalue weighted by Crippen LogP contribution is -2.29. The summed E-state index contributed by atoms with van der Waals surface area (Å²) in [5.41, 5.74) is 0. The largest absolute Gasteiger partial charge is 0.463 e. The third-order valence-corrected chi connectivity index (χ3v) is 13.0. The molecule has 0 aromatic rings. The molecule has 0 rings (SSSR count). The molecule has 0 bridgehead atoms. The van der Waals surface area contributed by atoms with Crippen molar-refractivity contribution >= 4 is 11.9 Å². The molecule has 0 N–H and O–H groups in total. The van der Waals surface area contributed by atoms with E-state index < -0.39 is 6.10 Å². The standard InChI is InChI=1S/C65H114O5/c1-4-7-10-13-16-19-22-25-28-31-33-35-37-40-43-46-49-52-55-58-64(66)69-61-63(68-60-57-54-51-48-45-42-39-30-27-24-21-18-15-12-9-6-3)62-70-65(67)59-56-53-50-47-44-41-38-36-34-32-29-26-23-20-17-14-11-8-5-2/h7,10,16-17,19-20,25-26,28-29,33,35,40,43,63H,4-6,8-9,11-15,18,21-24,27,30-32,34,36-39,41-42,44-62H2,1-3H3/b10-7-,19-16-,20-17-,28-25-,29-26-,35-33-,43-40-/t63-/m1/s1. The zero-order chi connectivity index (χ0) is 50.6. The van der Waals surface area contributed by atoms with Crippen LogP contribution < -0.4 is 0 Å². The highest BCUT2D eigenvalue weighted by atomic mass is 16.6. The van der Waals surface area contributed by atoms with E-state index in [4.69, 9.17) is 14.2 Å². The van der Waals surface area contributed by atoms with Crippen LogP contribution in [-0.2, 0) is 23.8 Å². The molecule has 0 saturated carbocycles. The van der Waals surface area contributed by atoms with Gasteiger partial charge < -0.3 is 14.2 Å². The van der Waals surface area contributed by atoms with Crippen LogP contribution in [0.5, 0.6) is 0 Å². The van der Waals surface area contributed by atoms with E-state index in [1.54, 1.807) is 0 Å². The highest BCUT2D eigenvalue weighted by molar-refractivity contribution is 5.69. The smallest absolute Gasteiger partial charge is 0.305 e. The van der Waals surface area contributed by atoms with Gasteiger partial charge >= 0.3 is 11.9 Å². The van der Waals surface area contributed by atoms with E-state index in [-0.39, 0.29) is 25.2 Å². The van der Waals surface area contributed by atoms with Crippen molar-refractivity contribution in [3.8, 4) is 0 Å². The molecule has 0 amide bonds. The summed E-state index contributed by atoms with van der Waals surface area (Å²) in [6.45, 7) is 7.58. The molecule has 0 spiro atoms. The average molecular weight is 976 g/mol. The maximum atomic E-state index is 12.7. The minimum absolute atomic E-state index is 0.137. The summed E-state index contributed by atoms with van der Waals surface area (Å²) in [5, 5.41) is 0. The van der Waals surface area contributed by atoms with E-state index in [1.807, 2.05) is 0 Å². The first-order chi connectivity index (χ1) is 34.6. The van der Waals surface area contributed by atoms with E-state index in [1.165, 1.54) is 167 Å². The predicted octanol–water partition coefficient (Wildman–Crippen LogP) is 20.8. The number of hydrogen-bond donors (Lipinski definition) is 0. The SMILES string of the molecule is CC/C=C\C/C=C\C/C=C\C/C=C\C/C=C\CCCCCC(=O)OC[C@H](COC(=O)CCCCCCCCCCC/C=C\C/C=C\CCCCC)OCCCCCCCCCCCCCCCCCC. The molecule has 0 aliphatic carbocycles. The Bertz CT molecular complexity index is 1290. The van der Waals surface area contributed by atoms with Crippen LogP contribution in [0.2, 0.25) is 0 Å². The summed E-state index contributed by atoms with van der Waals surface area (Å²) < 4.78 is 17.5. The molecule has 404 valence electrons. The van der Waals surface area contributed by atoms with E-state index >= 15 is 0 Å². The van der Waals surface area contributed by atoms with Gasteiger partial charge in [0.15, 0.2) is 0 Å². The van der Waals surface area contributed by atoms with Crippen molar-refractivity contribution < 1.29 is 23.8 Å². The van der Waals surface area contributed by atoms with Crippen molar-refractivity contribution in [1.29, 1.82) is 0 Å². The Morgan fingerprint density at radius 3 is 0.957 bits per heavy atom. The first-order valence-electron chi connectivity index (χ1n) is 30.1. The van der Waals surface area contributed by atoms with Crippen molar-refractivity contribution in [2.45, 2.75) is 297 Å². The Hall–Kier alpha value is -2.92. The van der Waals surface area contributed by atoms with Gasteiger partial charge in [-0.15, -0.1) is 0 Å². The third-order valence-electron chi connectivity index (χ3n) is 13.0. The van der Waals surface area contributed by atoms with E-state index in [0.717, 1.165) is 89.9 Å². The Morgan fingerprint density at radius 2 is 0.586 bits per heavy atom. The second-order valence-corrected chi connectivity index (χ2v) is 19.9. The maximum absolute atomic E-state index is 12.7. The Labute approximate surface area is 435 Å². The fraction of sp³-hybridized carbons (Fsp3) is 0.754. The van der Waals surface area contributed by atoms with Gasteiger partial charge in [-0.2, -0.15) is 0 Å². The third kappa shape index (κ3) is 57.7. The minimum atomic E-state index is -0.419. The summed E-state index contributed by atoms with van der Waals surface area (Å²) in [7, 11) is 0. The Kier molecular flexibility index (Phi) is 57.9. The number of unbranched alkanes of at least 4 members (excludes halogenated alkanes) is 30. The minimum Gasteiger partial charge on any atom is -0.463 e. The summed E-state index contributed by atoms with van der Waals surface area (Å²) >= 11 is 0. The monoisotopic (exact) mass is 975 g/mol. The van der Waals surface area contributed by atoms with Crippen LogP contribution in [0.15, 0.2) is 85.1 Å². The average Bonchev–Trinajstić information content (AvgIpc) is 3.36. The van der Waals surface area contributed by atoms with Gasteiger partial charge in [0.25, 0.3) is 0 Å². The number of rotatable bonds is 55. The van der Waals surface area contributed by atoms with Crippen LogP contribution in [0.3, 0.4) is 0 Å². The van der Waals surface area contributed by atoms with Gasteiger partial charge in [0.2, 0.25) is 0 Å². The van der Waals surface area contributed by atoms with E-state index in [0.29, 0.717) is 19.4 Å². The first-order valence-corrected chi connectivity index (χ1v) is 30.1. The van der Waals surface area contributed by atoms with Gasteiger partial charge in [-0.3, -0.25) is 9.59 Å². The normalized spacial score (nSPS) is 12.8. The first kappa shape index (κ1) is 67.1. The second kappa shape index (κ2) is 60.4. The zero-order valence-corrected chi connectivity index (χ0v) is 46.5. The summed E-state index contributed by atoms with van der Waals surface area (Å²) in [6.07, 6.45) is 80.6. The predicted molar refractivity (Wildman–Crippen MR) is 307 cm³/mol. The summed E-state index contributed by atoms with van der Waals surface area (Å²) in [4.78, 5) is 25.4. The molecule has 5 nitrogen and oxygen atoms in total. The van der Waals surface area contributed by atoms with Crippen LogP contribution in [0, 0.1) is 0 Å². The molecule has 0 fully saturated rings. The van der Waals surface area contributed by atoms with Gasteiger partial charge in [-0.1, -0.05) is 266 Å². The maximum Gasteiger partial charge on any atom is 0.305 e. The lowest BCUT2D eigenvalue weighted by molar-refractivity contribution is -0.155. The molecule has 0 unspecified atom stereocenters. The fourth-order valence-electron chi connectivity index (χ4n) is 8.43. The van der Waals surface area contributed by atoms with Gasteiger partial charge in [-0.05, 0) is 96.3 Å². The lowest BCUT2D eigenvalue weighted by atomic mass is 10.0. The molecule has 0 aliphatic rings.